The second kappa shape index (κ2) is 6.76. The van der Waals surface area contributed by atoms with Crippen LogP contribution in [0, 0.1) is 0 Å². The van der Waals surface area contributed by atoms with Gasteiger partial charge in [-0.2, -0.15) is 0 Å². The van der Waals surface area contributed by atoms with E-state index in [-0.39, 0.29) is 6.09 Å². The van der Waals surface area contributed by atoms with Gasteiger partial charge in [-0.15, -0.1) is 22.7 Å². The Morgan fingerprint density at radius 1 is 1.33 bits per heavy atom. The lowest BCUT2D eigenvalue weighted by atomic mass is 10.0. The third-order valence-corrected chi connectivity index (χ3v) is 6.89. The van der Waals surface area contributed by atoms with Gasteiger partial charge in [0, 0.05) is 21.5 Å². The van der Waals surface area contributed by atoms with Crippen LogP contribution in [-0.2, 0) is 17.7 Å². The van der Waals surface area contributed by atoms with E-state index in [1.807, 2.05) is 32.9 Å². The van der Waals surface area contributed by atoms with Gasteiger partial charge in [-0.05, 0) is 51.0 Å². The van der Waals surface area contributed by atoms with E-state index in [0.29, 0.717) is 13.1 Å². The van der Waals surface area contributed by atoms with Crippen LogP contribution in [0.25, 0.3) is 20.8 Å². The standard InChI is InChI=1S/C19H20BrN3O2S2/c1-19(2,3)25-18(24)23-7-6-11-14(9-23)26-16(21)15(11)17-22-12-8-10(20)4-5-13(12)27-17/h4-5,8H,6-7,9,21H2,1-3H3. The average molecular weight is 466 g/mol. The Kier molecular flexibility index (Phi) is 4.68. The molecule has 1 aliphatic rings. The number of amides is 1. The normalized spacial score (nSPS) is 14.4. The summed E-state index contributed by atoms with van der Waals surface area (Å²) in [5.74, 6) is 0. The SMILES string of the molecule is CC(C)(C)OC(=O)N1CCc2c(sc(N)c2-c2nc3cc(Br)ccc3s2)C1. The highest BCUT2D eigenvalue weighted by Gasteiger charge is 2.30. The Labute approximate surface area is 174 Å². The number of thiophene rings is 1. The molecular weight excluding hydrogens is 446 g/mol. The van der Waals surface area contributed by atoms with E-state index in [4.69, 9.17) is 15.5 Å². The molecule has 0 radical (unpaired) electrons. The third-order valence-electron chi connectivity index (χ3n) is 4.30. The van der Waals surface area contributed by atoms with Gasteiger partial charge in [-0.3, -0.25) is 0 Å². The predicted octanol–water partition coefficient (Wildman–Crippen LogP) is 5.66. The van der Waals surface area contributed by atoms with Gasteiger partial charge in [0.15, 0.2) is 0 Å². The number of anilines is 1. The Balaban J connectivity index is 1.65. The minimum atomic E-state index is -0.494. The maximum atomic E-state index is 12.4. The van der Waals surface area contributed by atoms with Crippen LogP contribution < -0.4 is 5.73 Å². The topological polar surface area (TPSA) is 68.5 Å². The fraction of sp³-hybridized carbons (Fsp3) is 0.368. The number of fused-ring (bicyclic) bond motifs is 2. The number of benzene rings is 1. The first-order valence-electron chi connectivity index (χ1n) is 8.65. The number of hydrogen-bond acceptors (Lipinski definition) is 6. The summed E-state index contributed by atoms with van der Waals surface area (Å²) < 4.78 is 7.66. The molecule has 2 N–H and O–H groups in total. The average Bonchev–Trinajstić information content (AvgIpc) is 3.11. The molecule has 0 atom stereocenters. The van der Waals surface area contributed by atoms with E-state index < -0.39 is 5.60 Å². The largest absolute Gasteiger partial charge is 0.444 e. The fourth-order valence-corrected chi connectivity index (χ4v) is 5.73. The maximum Gasteiger partial charge on any atom is 0.410 e. The summed E-state index contributed by atoms with van der Waals surface area (Å²) in [6.45, 7) is 6.81. The summed E-state index contributed by atoms with van der Waals surface area (Å²) in [7, 11) is 0. The number of nitrogens with two attached hydrogens (primary N) is 1. The summed E-state index contributed by atoms with van der Waals surface area (Å²) in [5, 5.41) is 1.72. The lowest BCUT2D eigenvalue weighted by molar-refractivity contribution is 0.0227. The molecule has 0 saturated carbocycles. The number of thiazole rings is 1. The molecule has 0 saturated heterocycles. The van der Waals surface area contributed by atoms with Gasteiger partial charge in [0.1, 0.15) is 10.6 Å². The number of nitrogen functional groups attached to an aromatic ring is 1. The highest BCUT2D eigenvalue weighted by molar-refractivity contribution is 9.10. The van der Waals surface area contributed by atoms with Gasteiger partial charge < -0.3 is 15.4 Å². The molecule has 0 spiro atoms. The van der Waals surface area contributed by atoms with E-state index >= 15 is 0 Å². The van der Waals surface area contributed by atoms with Gasteiger partial charge >= 0.3 is 6.09 Å². The van der Waals surface area contributed by atoms with Crippen LogP contribution in [0.2, 0.25) is 0 Å². The van der Waals surface area contributed by atoms with Crippen molar-refractivity contribution >= 4 is 59.9 Å². The number of aromatic nitrogens is 1. The highest BCUT2D eigenvalue weighted by atomic mass is 79.9. The molecule has 0 unspecified atom stereocenters. The predicted molar refractivity (Wildman–Crippen MR) is 115 cm³/mol. The molecule has 1 aromatic carbocycles. The maximum absolute atomic E-state index is 12.4. The molecule has 142 valence electrons. The first-order chi connectivity index (χ1) is 12.7. The molecule has 1 amide bonds. The van der Waals surface area contributed by atoms with Crippen molar-refractivity contribution in [2.45, 2.75) is 39.3 Å². The molecule has 5 nitrogen and oxygen atoms in total. The highest BCUT2D eigenvalue weighted by Crippen LogP contribution is 2.44. The van der Waals surface area contributed by atoms with E-state index in [1.54, 1.807) is 27.6 Å². The summed E-state index contributed by atoms with van der Waals surface area (Å²) in [4.78, 5) is 20.1. The zero-order chi connectivity index (χ0) is 19.3. The van der Waals surface area contributed by atoms with E-state index in [0.717, 1.165) is 41.6 Å². The summed E-state index contributed by atoms with van der Waals surface area (Å²) in [5.41, 5.74) is 9.10. The Hall–Kier alpha value is -1.64. The third kappa shape index (κ3) is 3.70. The van der Waals surface area contributed by atoms with E-state index in [1.165, 1.54) is 5.56 Å². The number of rotatable bonds is 1. The van der Waals surface area contributed by atoms with Gasteiger partial charge in [0.05, 0.1) is 21.8 Å². The smallest absolute Gasteiger partial charge is 0.410 e. The molecule has 2 aromatic heterocycles. The summed E-state index contributed by atoms with van der Waals surface area (Å²) in [6.07, 6.45) is 0.489. The van der Waals surface area contributed by atoms with Crippen LogP contribution in [0.1, 0.15) is 31.2 Å². The minimum Gasteiger partial charge on any atom is -0.444 e. The molecule has 8 heteroatoms. The number of halogens is 1. The first kappa shape index (κ1) is 18.7. The molecule has 3 heterocycles. The summed E-state index contributed by atoms with van der Waals surface area (Å²) in [6, 6.07) is 6.11. The van der Waals surface area contributed by atoms with Gasteiger partial charge in [0.2, 0.25) is 0 Å². The summed E-state index contributed by atoms with van der Waals surface area (Å²) >= 11 is 6.70. The Morgan fingerprint density at radius 3 is 2.85 bits per heavy atom. The van der Waals surface area contributed by atoms with Crippen molar-refractivity contribution in [2.75, 3.05) is 12.3 Å². The van der Waals surface area contributed by atoms with Crippen molar-refractivity contribution in [3.05, 3.63) is 33.1 Å². The minimum absolute atomic E-state index is 0.272. The van der Waals surface area contributed by atoms with E-state index in [2.05, 4.69) is 22.0 Å². The molecule has 0 fully saturated rings. The number of carbonyl (C=O) groups is 1. The van der Waals surface area contributed by atoms with Crippen molar-refractivity contribution in [3.8, 4) is 10.6 Å². The zero-order valence-electron chi connectivity index (χ0n) is 15.3. The molecule has 0 aliphatic carbocycles. The second-order valence-corrected chi connectivity index (χ2v) is 10.6. The van der Waals surface area contributed by atoms with Gasteiger partial charge in [0.25, 0.3) is 0 Å². The molecular formula is C19H20BrN3O2S2. The Morgan fingerprint density at radius 2 is 2.11 bits per heavy atom. The van der Waals surface area contributed by atoms with Crippen LogP contribution in [0.3, 0.4) is 0 Å². The number of nitrogens with zero attached hydrogens (tertiary/aromatic N) is 2. The van der Waals surface area contributed by atoms with Crippen molar-refractivity contribution < 1.29 is 9.53 Å². The lowest BCUT2D eigenvalue weighted by Crippen LogP contribution is -2.39. The molecule has 0 bridgehead atoms. The van der Waals surface area contributed by atoms with Crippen molar-refractivity contribution in [1.82, 2.24) is 9.88 Å². The number of carbonyl (C=O) groups excluding carboxylic acids is 1. The van der Waals surface area contributed by atoms with Crippen LogP contribution in [-0.4, -0.2) is 28.1 Å². The van der Waals surface area contributed by atoms with Crippen LogP contribution >= 0.6 is 38.6 Å². The second-order valence-electron chi connectivity index (χ2n) is 7.53. The molecule has 3 aromatic rings. The van der Waals surface area contributed by atoms with Crippen LogP contribution in [0.4, 0.5) is 9.80 Å². The Bertz CT molecular complexity index is 1040. The van der Waals surface area contributed by atoms with Crippen molar-refractivity contribution in [3.63, 3.8) is 0 Å². The molecule has 27 heavy (non-hydrogen) atoms. The van der Waals surface area contributed by atoms with Crippen LogP contribution in [0.15, 0.2) is 22.7 Å². The molecule has 1 aliphatic heterocycles. The van der Waals surface area contributed by atoms with Gasteiger partial charge in [-0.25, -0.2) is 9.78 Å². The van der Waals surface area contributed by atoms with Crippen LogP contribution in [0.5, 0.6) is 0 Å². The number of hydrogen-bond donors (Lipinski definition) is 1. The first-order valence-corrected chi connectivity index (χ1v) is 11.1. The van der Waals surface area contributed by atoms with Crippen molar-refractivity contribution in [2.24, 2.45) is 0 Å². The van der Waals surface area contributed by atoms with Crippen molar-refractivity contribution in [1.29, 1.82) is 0 Å². The van der Waals surface area contributed by atoms with Gasteiger partial charge in [-0.1, -0.05) is 15.9 Å². The quantitative estimate of drug-likeness (QED) is 0.502. The fourth-order valence-electron chi connectivity index (χ4n) is 3.15. The zero-order valence-corrected chi connectivity index (χ0v) is 18.6. The molecule has 4 rings (SSSR count). The van der Waals surface area contributed by atoms with E-state index in [9.17, 15) is 4.79 Å². The monoisotopic (exact) mass is 465 g/mol. The number of ether oxygens (including phenoxy) is 1. The lowest BCUT2D eigenvalue weighted by Gasteiger charge is -2.30.